The number of fused-ring (bicyclic) bond motifs is 1. The van der Waals surface area contributed by atoms with Gasteiger partial charge in [-0.15, -0.1) is 11.6 Å². The molecule has 0 radical (unpaired) electrons. The van der Waals surface area contributed by atoms with Crippen molar-refractivity contribution in [2.75, 3.05) is 5.88 Å². The lowest BCUT2D eigenvalue weighted by Gasteiger charge is -2.15. The number of aromatic nitrogens is 2. The maximum Gasteiger partial charge on any atom is 0.111 e. The highest BCUT2D eigenvalue weighted by molar-refractivity contribution is 6.17. The molecule has 0 bridgehead atoms. The summed E-state index contributed by atoms with van der Waals surface area (Å²) in [6.07, 6.45) is 3.36. The molecule has 3 heteroatoms. The molecule has 2 aromatic rings. The first kappa shape index (κ1) is 11.1. The highest BCUT2D eigenvalue weighted by Gasteiger charge is 2.41. The van der Waals surface area contributed by atoms with E-state index in [1.54, 1.807) is 0 Å². The average Bonchev–Trinajstić information content (AvgIpc) is 2.90. The van der Waals surface area contributed by atoms with Crippen molar-refractivity contribution in [3.8, 4) is 0 Å². The molecule has 1 aromatic heterocycles. The first-order valence-corrected chi connectivity index (χ1v) is 6.72. The topological polar surface area (TPSA) is 17.8 Å². The van der Waals surface area contributed by atoms with E-state index in [1.807, 2.05) is 0 Å². The molecule has 2 nitrogen and oxygen atoms in total. The number of aryl methyl sites for hydroxylation is 2. The van der Waals surface area contributed by atoms with Crippen LogP contribution in [0.4, 0.5) is 0 Å². The zero-order valence-electron chi connectivity index (χ0n) is 10.3. The van der Waals surface area contributed by atoms with Gasteiger partial charge >= 0.3 is 0 Å². The molecule has 90 valence electrons. The number of hydrogen-bond donors (Lipinski definition) is 0. The molecule has 0 saturated heterocycles. The molecule has 1 saturated carbocycles. The smallest absolute Gasteiger partial charge is 0.111 e. The third-order valence-corrected chi connectivity index (χ3v) is 3.90. The minimum absolute atomic E-state index is 0.283. The predicted octanol–water partition coefficient (Wildman–Crippen LogP) is 3.64. The van der Waals surface area contributed by atoms with E-state index in [0.717, 1.165) is 17.8 Å². The van der Waals surface area contributed by atoms with Gasteiger partial charge in [-0.1, -0.05) is 6.07 Å². The van der Waals surface area contributed by atoms with Gasteiger partial charge in [-0.25, -0.2) is 4.98 Å². The molecule has 1 aromatic carbocycles. The summed E-state index contributed by atoms with van der Waals surface area (Å²) in [6.45, 7) is 4.42. The van der Waals surface area contributed by atoms with Crippen molar-refractivity contribution < 1.29 is 0 Å². The van der Waals surface area contributed by atoms with E-state index in [-0.39, 0.29) is 5.54 Å². The van der Waals surface area contributed by atoms with E-state index >= 15 is 0 Å². The Morgan fingerprint density at radius 2 is 2.18 bits per heavy atom. The first-order chi connectivity index (χ1) is 8.14. The Morgan fingerprint density at radius 3 is 2.82 bits per heavy atom. The Kier molecular flexibility index (Phi) is 2.44. The number of alkyl halides is 1. The quantitative estimate of drug-likeness (QED) is 0.759. The second-order valence-electron chi connectivity index (χ2n) is 5.29. The standard InChI is InChI=1S/C14H17ClN2/c1-10-3-4-12-11(9-10)16-13(5-8-15)17(12)14(2)6-7-14/h3-4,9H,5-8H2,1-2H3. The summed E-state index contributed by atoms with van der Waals surface area (Å²) < 4.78 is 2.41. The molecule has 0 aliphatic heterocycles. The molecule has 3 rings (SSSR count). The largest absolute Gasteiger partial charge is 0.322 e. The molecule has 1 fully saturated rings. The van der Waals surface area contributed by atoms with Crippen LogP contribution in [0.2, 0.25) is 0 Å². The van der Waals surface area contributed by atoms with Gasteiger partial charge in [0.1, 0.15) is 5.82 Å². The van der Waals surface area contributed by atoms with Crippen LogP contribution in [-0.2, 0) is 12.0 Å². The van der Waals surface area contributed by atoms with E-state index in [1.165, 1.54) is 23.9 Å². The van der Waals surface area contributed by atoms with E-state index in [0.29, 0.717) is 5.88 Å². The fraction of sp³-hybridized carbons (Fsp3) is 0.500. The number of rotatable bonds is 3. The second-order valence-corrected chi connectivity index (χ2v) is 5.67. The third kappa shape index (κ3) is 1.75. The fourth-order valence-electron chi connectivity index (χ4n) is 2.50. The summed E-state index contributed by atoms with van der Waals surface area (Å²) in [4.78, 5) is 4.75. The van der Waals surface area contributed by atoms with E-state index in [2.05, 4.69) is 36.6 Å². The van der Waals surface area contributed by atoms with Crippen LogP contribution in [0, 0.1) is 6.92 Å². The SMILES string of the molecule is Cc1ccc2c(c1)nc(CCCl)n2C1(C)CC1. The van der Waals surface area contributed by atoms with Crippen LogP contribution in [0.5, 0.6) is 0 Å². The first-order valence-electron chi connectivity index (χ1n) is 6.18. The molecule has 0 unspecified atom stereocenters. The summed E-state index contributed by atoms with van der Waals surface area (Å²) in [5, 5.41) is 0. The molecule has 0 N–H and O–H groups in total. The number of imidazole rings is 1. The van der Waals surface area contributed by atoms with Crippen molar-refractivity contribution in [2.24, 2.45) is 0 Å². The molecular weight excluding hydrogens is 232 g/mol. The molecule has 1 aliphatic rings. The van der Waals surface area contributed by atoms with Crippen LogP contribution < -0.4 is 0 Å². The zero-order chi connectivity index (χ0) is 12.0. The Labute approximate surface area is 107 Å². The Morgan fingerprint density at radius 1 is 1.41 bits per heavy atom. The van der Waals surface area contributed by atoms with Crippen LogP contribution in [0.25, 0.3) is 11.0 Å². The van der Waals surface area contributed by atoms with E-state index in [9.17, 15) is 0 Å². The van der Waals surface area contributed by atoms with Gasteiger partial charge in [0.2, 0.25) is 0 Å². The lowest BCUT2D eigenvalue weighted by atomic mass is 10.2. The molecule has 0 spiro atoms. The highest BCUT2D eigenvalue weighted by atomic mass is 35.5. The van der Waals surface area contributed by atoms with Crippen LogP contribution >= 0.6 is 11.6 Å². The van der Waals surface area contributed by atoms with Crippen molar-refractivity contribution in [3.63, 3.8) is 0 Å². The van der Waals surface area contributed by atoms with Crippen LogP contribution in [-0.4, -0.2) is 15.4 Å². The van der Waals surface area contributed by atoms with Gasteiger partial charge in [0.05, 0.1) is 11.0 Å². The van der Waals surface area contributed by atoms with Crippen molar-refractivity contribution in [2.45, 2.75) is 38.6 Å². The Bertz CT molecular complexity index is 567. The number of nitrogens with zero attached hydrogens (tertiary/aromatic N) is 2. The summed E-state index contributed by atoms with van der Waals surface area (Å²) in [7, 11) is 0. The van der Waals surface area contributed by atoms with Gasteiger partial charge < -0.3 is 4.57 Å². The van der Waals surface area contributed by atoms with Crippen LogP contribution in [0.3, 0.4) is 0 Å². The molecule has 1 aliphatic carbocycles. The van der Waals surface area contributed by atoms with Crippen LogP contribution in [0.15, 0.2) is 18.2 Å². The van der Waals surface area contributed by atoms with Gasteiger partial charge in [-0.2, -0.15) is 0 Å². The fourth-order valence-corrected chi connectivity index (χ4v) is 2.67. The molecule has 17 heavy (non-hydrogen) atoms. The maximum absolute atomic E-state index is 5.88. The van der Waals surface area contributed by atoms with Gasteiger partial charge in [-0.3, -0.25) is 0 Å². The number of halogens is 1. The third-order valence-electron chi connectivity index (χ3n) is 3.71. The monoisotopic (exact) mass is 248 g/mol. The summed E-state index contributed by atoms with van der Waals surface area (Å²) in [5.74, 6) is 1.78. The maximum atomic E-state index is 5.88. The van der Waals surface area contributed by atoms with E-state index < -0.39 is 0 Å². The van der Waals surface area contributed by atoms with Gasteiger partial charge in [0.15, 0.2) is 0 Å². The lowest BCUT2D eigenvalue weighted by Crippen LogP contribution is -2.16. The minimum Gasteiger partial charge on any atom is -0.322 e. The summed E-state index contributed by atoms with van der Waals surface area (Å²) >= 11 is 5.88. The molecule has 0 atom stereocenters. The van der Waals surface area contributed by atoms with Gasteiger partial charge in [-0.05, 0) is 44.4 Å². The highest BCUT2D eigenvalue weighted by Crippen LogP contribution is 2.45. The average molecular weight is 249 g/mol. The summed E-state index contributed by atoms with van der Waals surface area (Å²) in [6, 6.07) is 6.52. The predicted molar refractivity (Wildman–Crippen MR) is 71.8 cm³/mol. The zero-order valence-corrected chi connectivity index (χ0v) is 11.1. The van der Waals surface area contributed by atoms with Crippen LogP contribution in [0.1, 0.15) is 31.2 Å². The number of benzene rings is 1. The Balaban J connectivity index is 2.24. The summed E-state index contributed by atoms with van der Waals surface area (Å²) in [5.41, 5.74) is 3.92. The van der Waals surface area contributed by atoms with E-state index in [4.69, 9.17) is 16.6 Å². The van der Waals surface area contributed by atoms with Crippen molar-refractivity contribution in [3.05, 3.63) is 29.6 Å². The van der Waals surface area contributed by atoms with Gasteiger partial charge in [0, 0.05) is 17.8 Å². The minimum atomic E-state index is 0.283. The normalized spacial score (nSPS) is 17.6. The number of hydrogen-bond acceptors (Lipinski definition) is 1. The molecule has 0 amide bonds. The second kappa shape index (κ2) is 3.74. The Hall–Kier alpha value is -1.02. The molecule has 1 heterocycles. The lowest BCUT2D eigenvalue weighted by molar-refractivity contribution is 0.525. The van der Waals surface area contributed by atoms with Crippen molar-refractivity contribution in [1.29, 1.82) is 0 Å². The van der Waals surface area contributed by atoms with Gasteiger partial charge in [0.25, 0.3) is 0 Å². The van der Waals surface area contributed by atoms with Crippen molar-refractivity contribution >= 4 is 22.6 Å². The molecular formula is C14H17ClN2. The van der Waals surface area contributed by atoms with Crippen molar-refractivity contribution in [1.82, 2.24) is 9.55 Å².